The molecule has 24 heavy (non-hydrogen) atoms. The molecule has 8 heteroatoms. The number of aryl methyl sites for hydroxylation is 1. The first-order valence-electron chi connectivity index (χ1n) is 7.96. The first kappa shape index (κ1) is 16.2. The van der Waals surface area contributed by atoms with Crippen LogP contribution in [0.15, 0.2) is 18.2 Å². The Morgan fingerprint density at radius 3 is 2.71 bits per heavy atom. The normalized spacial score (nSPS) is 21.6. The van der Waals surface area contributed by atoms with Crippen molar-refractivity contribution in [1.82, 2.24) is 0 Å². The van der Waals surface area contributed by atoms with Crippen LogP contribution in [-0.2, 0) is 9.53 Å². The molecule has 1 unspecified atom stereocenters. The van der Waals surface area contributed by atoms with Crippen molar-refractivity contribution < 1.29 is 19.2 Å². The van der Waals surface area contributed by atoms with Gasteiger partial charge >= 0.3 is 6.09 Å². The van der Waals surface area contributed by atoms with Gasteiger partial charge in [0.1, 0.15) is 0 Å². The van der Waals surface area contributed by atoms with Gasteiger partial charge in [0.2, 0.25) is 11.9 Å². The molecule has 8 nitrogen and oxygen atoms in total. The second-order valence-corrected chi connectivity index (χ2v) is 6.09. The summed E-state index contributed by atoms with van der Waals surface area (Å²) in [4.78, 5) is 37.6. The molecule has 2 fully saturated rings. The van der Waals surface area contributed by atoms with Gasteiger partial charge in [0.05, 0.1) is 25.3 Å². The monoisotopic (exact) mass is 333 g/mol. The summed E-state index contributed by atoms with van der Waals surface area (Å²) in [5, 5.41) is 10.9. The molecule has 2 saturated heterocycles. The van der Waals surface area contributed by atoms with Crippen LogP contribution in [0, 0.1) is 17.0 Å². The molecule has 0 bridgehead atoms. The summed E-state index contributed by atoms with van der Waals surface area (Å²) >= 11 is 0. The summed E-state index contributed by atoms with van der Waals surface area (Å²) in [7, 11) is 0. The third-order valence-corrected chi connectivity index (χ3v) is 4.41. The predicted octanol–water partition coefficient (Wildman–Crippen LogP) is 2.11. The predicted molar refractivity (Wildman–Crippen MR) is 86.9 cm³/mol. The van der Waals surface area contributed by atoms with Gasteiger partial charge in [0, 0.05) is 17.2 Å². The Morgan fingerprint density at radius 1 is 1.25 bits per heavy atom. The van der Waals surface area contributed by atoms with Crippen molar-refractivity contribution in [2.45, 2.75) is 32.2 Å². The Hall–Kier alpha value is -2.64. The maximum Gasteiger partial charge on any atom is 0.414 e. The largest absolute Gasteiger partial charge is 0.449 e. The van der Waals surface area contributed by atoms with Gasteiger partial charge in [0.15, 0.2) is 0 Å². The maximum atomic E-state index is 12.0. The molecule has 0 N–H and O–H groups in total. The average Bonchev–Trinajstić information content (AvgIpc) is 2.81. The number of anilines is 2. The van der Waals surface area contributed by atoms with Gasteiger partial charge in [0.25, 0.3) is 0 Å². The molecule has 128 valence electrons. The van der Waals surface area contributed by atoms with Crippen LogP contribution >= 0.6 is 0 Å². The Balaban J connectivity index is 1.83. The molecule has 0 radical (unpaired) electrons. The van der Waals surface area contributed by atoms with Crippen molar-refractivity contribution in [1.29, 1.82) is 0 Å². The van der Waals surface area contributed by atoms with Crippen molar-refractivity contribution >= 4 is 23.4 Å². The lowest BCUT2D eigenvalue weighted by Gasteiger charge is -2.23. The Bertz CT molecular complexity index is 690. The van der Waals surface area contributed by atoms with E-state index in [0.717, 1.165) is 24.1 Å². The number of ether oxygens (including phenoxy) is 1. The zero-order valence-electron chi connectivity index (χ0n) is 13.4. The summed E-state index contributed by atoms with van der Waals surface area (Å²) in [6.45, 7) is 2.95. The maximum absolute atomic E-state index is 12.0. The van der Waals surface area contributed by atoms with Gasteiger partial charge in [-0.25, -0.2) is 4.79 Å². The molecule has 1 aromatic carbocycles. The van der Waals surface area contributed by atoms with Crippen LogP contribution in [0.3, 0.4) is 0 Å². The summed E-state index contributed by atoms with van der Waals surface area (Å²) < 4.78 is 5.16. The van der Waals surface area contributed by atoms with Gasteiger partial charge < -0.3 is 9.64 Å². The van der Waals surface area contributed by atoms with Gasteiger partial charge in [-0.15, -0.1) is 0 Å². The SMILES string of the molecule is Cc1cc(N2CC([N+](=O)[O-])CC2=O)ccc1N1CCCCOC1=O. The van der Waals surface area contributed by atoms with Gasteiger partial charge in [-0.3, -0.25) is 19.8 Å². The molecular formula is C16H19N3O5. The highest BCUT2D eigenvalue weighted by Gasteiger charge is 2.38. The Labute approximate surface area is 139 Å². The van der Waals surface area contributed by atoms with Crippen molar-refractivity contribution in [3.05, 3.63) is 33.9 Å². The quantitative estimate of drug-likeness (QED) is 0.624. The van der Waals surface area contributed by atoms with Gasteiger partial charge in [-0.2, -0.15) is 0 Å². The minimum Gasteiger partial charge on any atom is -0.449 e. The third kappa shape index (κ3) is 3.04. The van der Waals surface area contributed by atoms with Crippen molar-refractivity contribution in [3.8, 4) is 0 Å². The molecule has 2 aliphatic heterocycles. The van der Waals surface area contributed by atoms with Gasteiger partial charge in [-0.1, -0.05) is 0 Å². The third-order valence-electron chi connectivity index (χ3n) is 4.41. The molecule has 0 aromatic heterocycles. The molecule has 2 aliphatic rings. The molecule has 0 aliphatic carbocycles. The van der Waals surface area contributed by atoms with E-state index in [4.69, 9.17) is 4.74 Å². The number of carbonyl (C=O) groups is 2. The average molecular weight is 333 g/mol. The number of hydrogen-bond acceptors (Lipinski definition) is 5. The molecule has 0 saturated carbocycles. The van der Waals surface area contributed by atoms with E-state index < -0.39 is 11.0 Å². The van der Waals surface area contributed by atoms with Crippen molar-refractivity contribution in [3.63, 3.8) is 0 Å². The van der Waals surface area contributed by atoms with E-state index in [9.17, 15) is 19.7 Å². The minimum atomic E-state index is -0.863. The van der Waals surface area contributed by atoms with Crippen LogP contribution in [0.1, 0.15) is 24.8 Å². The number of amides is 2. The summed E-state index contributed by atoms with van der Waals surface area (Å²) in [5.41, 5.74) is 2.18. The Kier molecular flexibility index (Phi) is 4.37. The molecule has 3 rings (SSSR count). The van der Waals surface area contributed by atoms with Crippen LogP contribution in [0.5, 0.6) is 0 Å². The number of nitrogens with zero attached hydrogens (tertiary/aromatic N) is 3. The number of nitro groups is 1. The van der Waals surface area contributed by atoms with Crippen LogP contribution < -0.4 is 9.80 Å². The topological polar surface area (TPSA) is 93.0 Å². The second-order valence-electron chi connectivity index (χ2n) is 6.09. The fourth-order valence-corrected chi connectivity index (χ4v) is 3.11. The van der Waals surface area contributed by atoms with Gasteiger partial charge in [-0.05, 0) is 43.5 Å². The number of benzene rings is 1. The minimum absolute atomic E-state index is 0.0771. The molecule has 0 spiro atoms. The molecular weight excluding hydrogens is 314 g/mol. The molecule has 2 heterocycles. The zero-order valence-corrected chi connectivity index (χ0v) is 13.4. The highest BCUT2D eigenvalue weighted by Crippen LogP contribution is 2.30. The fourth-order valence-electron chi connectivity index (χ4n) is 3.11. The van der Waals surface area contributed by atoms with E-state index in [1.165, 1.54) is 4.90 Å². The molecule has 1 atom stereocenters. The lowest BCUT2D eigenvalue weighted by atomic mass is 10.1. The van der Waals surface area contributed by atoms with Crippen LogP contribution in [-0.4, -0.2) is 42.7 Å². The van der Waals surface area contributed by atoms with E-state index in [1.54, 1.807) is 23.1 Å². The number of cyclic esters (lactones) is 1. The highest BCUT2D eigenvalue weighted by atomic mass is 16.6. The van der Waals surface area contributed by atoms with E-state index in [-0.39, 0.29) is 25.0 Å². The van der Waals surface area contributed by atoms with Crippen LogP contribution in [0.2, 0.25) is 0 Å². The smallest absolute Gasteiger partial charge is 0.414 e. The Morgan fingerprint density at radius 2 is 2.04 bits per heavy atom. The second kappa shape index (κ2) is 6.46. The van der Waals surface area contributed by atoms with Crippen LogP contribution in [0.25, 0.3) is 0 Å². The van der Waals surface area contributed by atoms with Crippen molar-refractivity contribution in [2.75, 3.05) is 29.5 Å². The van der Waals surface area contributed by atoms with E-state index in [1.807, 2.05) is 6.92 Å². The fraction of sp³-hybridized carbons (Fsp3) is 0.500. The molecule has 2 amide bonds. The molecule has 1 aromatic rings. The van der Waals surface area contributed by atoms with E-state index >= 15 is 0 Å². The number of hydrogen-bond donors (Lipinski definition) is 0. The first-order valence-corrected chi connectivity index (χ1v) is 7.96. The van der Waals surface area contributed by atoms with Crippen molar-refractivity contribution in [2.24, 2.45) is 0 Å². The zero-order chi connectivity index (χ0) is 17.3. The van der Waals surface area contributed by atoms with E-state index in [2.05, 4.69) is 0 Å². The summed E-state index contributed by atoms with van der Waals surface area (Å²) in [5.74, 6) is -0.252. The first-order chi connectivity index (χ1) is 11.5. The standard InChI is InChI=1S/C16H19N3O5/c1-11-8-12(18-10-13(19(22)23)9-15(18)20)4-5-14(11)17-6-2-3-7-24-16(17)21/h4-5,8,13H,2-3,6-7,9-10H2,1H3. The summed E-state index contributed by atoms with van der Waals surface area (Å²) in [6.07, 6.45) is 1.26. The highest BCUT2D eigenvalue weighted by molar-refractivity contribution is 5.97. The lowest BCUT2D eigenvalue weighted by molar-refractivity contribution is -0.515. The van der Waals surface area contributed by atoms with Crippen LogP contribution in [0.4, 0.5) is 16.2 Å². The summed E-state index contributed by atoms with van der Waals surface area (Å²) in [6, 6.07) is 4.41. The van der Waals surface area contributed by atoms with E-state index in [0.29, 0.717) is 18.8 Å². The number of carbonyl (C=O) groups excluding carboxylic acids is 2. The lowest BCUT2D eigenvalue weighted by Crippen LogP contribution is -2.31. The number of rotatable bonds is 3.